The Morgan fingerprint density at radius 1 is 0.914 bits per heavy atom. The lowest BCUT2D eigenvalue weighted by atomic mass is 9.93. The molecule has 1 aliphatic carbocycles. The second-order valence-electron chi connectivity index (χ2n) is 8.97. The van der Waals surface area contributed by atoms with Gasteiger partial charge in [-0.1, -0.05) is 73.7 Å². The highest BCUT2D eigenvalue weighted by molar-refractivity contribution is 5.83. The zero-order valence-electron chi connectivity index (χ0n) is 20.4. The number of rotatable bonds is 11. The molecule has 0 fully saturated rings. The fourth-order valence-electron chi connectivity index (χ4n) is 4.57. The average molecular weight is 471 g/mol. The molecular weight excluding hydrogens is 436 g/mol. The quantitative estimate of drug-likeness (QED) is 0.325. The van der Waals surface area contributed by atoms with E-state index in [4.69, 9.17) is 9.47 Å². The van der Waals surface area contributed by atoms with Gasteiger partial charge in [-0.2, -0.15) is 0 Å². The SMILES string of the molecule is CCCOC(Cc1ccc(OCCCC=C2c3ccccc3CCc3ccccc32)cc1)C(=O)O. The first-order valence-corrected chi connectivity index (χ1v) is 12.6. The van der Waals surface area contributed by atoms with Gasteiger partial charge in [0.05, 0.1) is 6.61 Å². The number of hydrogen-bond acceptors (Lipinski definition) is 3. The van der Waals surface area contributed by atoms with Gasteiger partial charge < -0.3 is 14.6 Å². The monoisotopic (exact) mass is 470 g/mol. The van der Waals surface area contributed by atoms with Gasteiger partial charge in [0.1, 0.15) is 5.75 Å². The van der Waals surface area contributed by atoms with E-state index in [0.717, 1.165) is 43.4 Å². The first-order valence-electron chi connectivity index (χ1n) is 12.6. The number of carboxylic acids is 1. The van der Waals surface area contributed by atoms with E-state index >= 15 is 0 Å². The number of allylic oxidation sites excluding steroid dienone is 1. The van der Waals surface area contributed by atoms with Gasteiger partial charge in [-0.15, -0.1) is 0 Å². The average Bonchev–Trinajstić information content (AvgIpc) is 3.04. The molecule has 0 heterocycles. The molecule has 0 bridgehead atoms. The lowest BCUT2D eigenvalue weighted by Crippen LogP contribution is -2.26. The second kappa shape index (κ2) is 12.4. The zero-order chi connectivity index (χ0) is 24.5. The van der Waals surface area contributed by atoms with Gasteiger partial charge in [0.15, 0.2) is 6.10 Å². The summed E-state index contributed by atoms with van der Waals surface area (Å²) in [4.78, 5) is 11.4. The van der Waals surface area contributed by atoms with Crippen LogP contribution < -0.4 is 4.74 Å². The fourth-order valence-corrected chi connectivity index (χ4v) is 4.57. The number of aliphatic carboxylic acids is 1. The molecule has 0 saturated carbocycles. The highest BCUT2D eigenvalue weighted by Crippen LogP contribution is 2.33. The van der Waals surface area contributed by atoms with Crippen LogP contribution in [-0.2, 0) is 28.8 Å². The Bertz CT molecular complexity index is 1100. The van der Waals surface area contributed by atoms with E-state index in [-0.39, 0.29) is 0 Å². The Morgan fingerprint density at radius 2 is 1.54 bits per heavy atom. The fraction of sp³-hybridized carbons (Fsp3) is 0.323. The smallest absolute Gasteiger partial charge is 0.333 e. The molecular formula is C31H34O4. The summed E-state index contributed by atoms with van der Waals surface area (Å²) in [5.74, 6) is -0.125. The zero-order valence-corrected chi connectivity index (χ0v) is 20.4. The van der Waals surface area contributed by atoms with Crippen LogP contribution in [0.25, 0.3) is 5.57 Å². The number of fused-ring (bicyclic) bond motifs is 2. The van der Waals surface area contributed by atoms with Gasteiger partial charge in [0, 0.05) is 13.0 Å². The van der Waals surface area contributed by atoms with Crippen LogP contribution in [0.5, 0.6) is 5.75 Å². The molecule has 0 saturated heterocycles. The number of unbranched alkanes of at least 4 members (excludes halogenated alkanes) is 1. The van der Waals surface area contributed by atoms with Crippen molar-refractivity contribution >= 4 is 11.5 Å². The molecule has 0 aliphatic heterocycles. The molecule has 182 valence electrons. The Kier molecular flexibility index (Phi) is 8.74. The summed E-state index contributed by atoms with van der Waals surface area (Å²) in [7, 11) is 0. The van der Waals surface area contributed by atoms with Crippen molar-refractivity contribution in [1.29, 1.82) is 0 Å². The van der Waals surface area contributed by atoms with Crippen molar-refractivity contribution in [3.63, 3.8) is 0 Å². The maximum atomic E-state index is 11.4. The summed E-state index contributed by atoms with van der Waals surface area (Å²) in [5.41, 5.74) is 7.77. The molecule has 4 heteroatoms. The van der Waals surface area contributed by atoms with Crippen LogP contribution >= 0.6 is 0 Å². The first kappa shape index (κ1) is 24.7. The van der Waals surface area contributed by atoms with Crippen molar-refractivity contribution < 1.29 is 19.4 Å². The van der Waals surface area contributed by atoms with Crippen molar-refractivity contribution in [2.45, 2.75) is 51.6 Å². The van der Waals surface area contributed by atoms with Crippen LogP contribution in [0.4, 0.5) is 0 Å². The van der Waals surface area contributed by atoms with Gasteiger partial charge in [0.2, 0.25) is 0 Å². The predicted molar refractivity (Wildman–Crippen MR) is 140 cm³/mol. The third kappa shape index (κ3) is 6.61. The van der Waals surface area contributed by atoms with Crippen molar-refractivity contribution in [3.05, 3.63) is 107 Å². The molecule has 4 nitrogen and oxygen atoms in total. The number of hydrogen-bond donors (Lipinski definition) is 1. The first-order chi connectivity index (χ1) is 17.2. The Hall–Kier alpha value is -3.37. The molecule has 35 heavy (non-hydrogen) atoms. The third-order valence-corrected chi connectivity index (χ3v) is 6.39. The van der Waals surface area contributed by atoms with E-state index < -0.39 is 12.1 Å². The predicted octanol–water partition coefficient (Wildman–Crippen LogP) is 6.50. The largest absolute Gasteiger partial charge is 0.494 e. The van der Waals surface area contributed by atoms with Gasteiger partial charge in [-0.25, -0.2) is 4.79 Å². The summed E-state index contributed by atoms with van der Waals surface area (Å²) in [6.07, 6.45) is 6.69. The van der Waals surface area contributed by atoms with E-state index in [0.29, 0.717) is 19.6 Å². The summed E-state index contributed by atoms with van der Waals surface area (Å²) < 4.78 is 11.4. The molecule has 0 spiro atoms. The van der Waals surface area contributed by atoms with Crippen molar-refractivity contribution in [1.82, 2.24) is 0 Å². The van der Waals surface area contributed by atoms with Crippen LogP contribution in [0.15, 0.2) is 78.9 Å². The van der Waals surface area contributed by atoms with E-state index in [1.54, 1.807) is 0 Å². The molecule has 0 radical (unpaired) electrons. The minimum absolute atomic E-state index is 0.353. The molecule has 3 aromatic carbocycles. The van der Waals surface area contributed by atoms with Crippen LogP contribution in [0, 0.1) is 0 Å². The van der Waals surface area contributed by atoms with E-state index in [9.17, 15) is 9.90 Å². The number of aryl methyl sites for hydroxylation is 2. The summed E-state index contributed by atoms with van der Waals surface area (Å²) in [5, 5.41) is 9.35. The van der Waals surface area contributed by atoms with Gasteiger partial charge >= 0.3 is 5.97 Å². The van der Waals surface area contributed by atoms with E-state index in [1.807, 2.05) is 31.2 Å². The molecule has 1 atom stereocenters. The number of ether oxygens (including phenoxy) is 2. The minimum Gasteiger partial charge on any atom is -0.494 e. The molecule has 1 unspecified atom stereocenters. The molecule has 4 rings (SSSR count). The van der Waals surface area contributed by atoms with Crippen molar-refractivity contribution in [3.8, 4) is 5.75 Å². The lowest BCUT2D eigenvalue weighted by Gasteiger charge is -2.14. The normalized spacial score (nSPS) is 13.3. The maximum absolute atomic E-state index is 11.4. The molecule has 0 amide bonds. The highest BCUT2D eigenvalue weighted by atomic mass is 16.5. The lowest BCUT2D eigenvalue weighted by molar-refractivity contribution is -0.150. The third-order valence-electron chi connectivity index (χ3n) is 6.39. The van der Waals surface area contributed by atoms with Crippen LogP contribution in [-0.4, -0.2) is 30.4 Å². The van der Waals surface area contributed by atoms with Crippen molar-refractivity contribution in [2.24, 2.45) is 0 Å². The Balaban J connectivity index is 1.33. The summed E-state index contributed by atoms with van der Waals surface area (Å²) in [6.45, 7) is 3.05. The van der Waals surface area contributed by atoms with Crippen LogP contribution in [0.2, 0.25) is 0 Å². The highest BCUT2D eigenvalue weighted by Gasteiger charge is 2.19. The van der Waals surface area contributed by atoms with E-state index in [2.05, 4.69) is 54.6 Å². The standard InChI is InChI=1S/C31H34O4/c1-2-20-35-30(31(32)33)22-23-14-18-26(19-15-23)34-21-8-7-13-29-27-11-5-3-9-24(27)16-17-25-10-4-6-12-28(25)29/h3-6,9-15,18-19,30H,2,7-8,16-17,20-22H2,1H3,(H,32,33). The van der Waals surface area contributed by atoms with Gasteiger partial charge in [-0.3, -0.25) is 0 Å². The Morgan fingerprint density at radius 3 is 2.14 bits per heavy atom. The summed E-state index contributed by atoms with van der Waals surface area (Å²) >= 11 is 0. The maximum Gasteiger partial charge on any atom is 0.333 e. The van der Waals surface area contributed by atoms with Crippen molar-refractivity contribution in [2.75, 3.05) is 13.2 Å². The number of benzene rings is 3. The minimum atomic E-state index is -0.924. The molecule has 3 aromatic rings. The van der Waals surface area contributed by atoms with Crippen LogP contribution in [0.3, 0.4) is 0 Å². The Labute approximate surface area is 208 Å². The number of carboxylic acid groups (broad SMARTS) is 1. The van der Waals surface area contributed by atoms with Gasteiger partial charge in [0.25, 0.3) is 0 Å². The van der Waals surface area contributed by atoms with E-state index in [1.165, 1.54) is 27.8 Å². The topological polar surface area (TPSA) is 55.8 Å². The van der Waals surface area contributed by atoms with Crippen LogP contribution in [0.1, 0.15) is 54.0 Å². The van der Waals surface area contributed by atoms with Gasteiger partial charge in [-0.05, 0) is 77.6 Å². The second-order valence-corrected chi connectivity index (χ2v) is 8.97. The molecule has 1 aliphatic rings. The number of carbonyl (C=O) groups is 1. The molecule has 0 aromatic heterocycles. The molecule has 1 N–H and O–H groups in total. The summed E-state index contributed by atoms with van der Waals surface area (Å²) in [6, 6.07) is 25.1.